The minimum absolute atomic E-state index is 0.302. The van der Waals surface area contributed by atoms with Crippen LogP contribution in [0.3, 0.4) is 0 Å². The number of fused-ring (bicyclic) bond motifs is 1. The lowest BCUT2D eigenvalue weighted by Gasteiger charge is -2.34. The van der Waals surface area contributed by atoms with E-state index < -0.39 is 18.0 Å². The first-order valence-corrected chi connectivity index (χ1v) is 11.9. The second-order valence-electron chi connectivity index (χ2n) is 9.13. The van der Waals surface area contributed by atoms with Crippen LogP contribution in [0.25, 0.3) is 10.8 Å². The molecular weight excluding hydrogens is 442 g/mol. The Balaban J connectivity index is 1.69. The molecule has 4 rings (SSSR count). The molecule has 0 aromatic heterocycles. The largest absolute Gasteiger partial charge is 0.467 e. The standard InChI is InChI=1S/C28H31N3O4/c1-17-13-18(2)25(19(3)14-17)30-28(34)29-23-16-21-10-6-5-9-20(21)15-22(23)26(32)31-12-8-7-11-24(31)27(33)35-4/h5-6,9-10,13-16,24H,7-8,11-12H2,1-4H3,(H2,29,30,34)/t24-/m0/s1. The second kappa shape index (κ2) is 10.2. The van der Waals surface area contributed by atoms with Crippen molar-refractivity contribution in [3.05, 3.63) is 70.8 Å². The number of rotatable bonds is 4. The third kappa shape index (κ3) is 5.14. The zero-order chi connectivity index (χ0) is 25.1. The van der Waals surface area contributed by atoms with E-state index in [1.165, 1.54) is 7.11 Å². The number of aryl methyl sites for hydroxylation is 3. The maximum atomic E-state index is 13.7. The number of likely N-dealkylation sites (tertiary alicyclic amines) is 1. The Morgan fingerprint density at radius 2 is 1.57 bits per heavy atom. The van der Waals surface area contributed by atoms with Gasteiger partial charge in [0.05, 0.1) is 18.4 Å². The zero-order valence-electron chi connectivity index (χ0n) is 20.6. The van der Waals surface area contributed by atoms with E-state index in [1.54, 1.807) is 17.0 Å². The van der Waals surface area contributed by atoms with Crippen molar-refractivity contribution in [2.45, 2.75) is 46.1 Å². The van der Waals surface area contributed by atoms with Crippen molar-refractivity contribution in [3.8, 4) is 0 Å². The highest BCUT2D eigenvalue weighted by Gasteiger charge is 2.34. The lowest BCUT2D eigenvalue weighted by atomic mass is 9.98. The molecule has 7 nitrogen and oxygen atoms in total. The molecule has 3 amide bonds. The van der Waals surface area contributed by atoms with Crippen LogP contribution in [0.4, 0.5) is 16.2 Å². The number of urea groups is 1. The number of methoxy groups -OCH3 is 1. The van der Waals surface area contributed by atoms with Crippen molar-refractivity contribution >= 4 is 40.1 Å². The lowest BCUT2D eigenvalue weighted by molar-refractivity contribution is -0.147. The quantitative estimate of drug-likeness (QED) is 0.485. The van der Waals surface area contributed by atoms with Gasteiger partial charge < -0.3 is 20.3 Å². The van der Waals surface area contributed by atoms with Gasteiger partial charge in [0.2, 0.25) is 0 Å². The summed E-state index contributed by atoms with van der Waals surface area (Å²) >= 11 is 0. The van der Waals surface area contributed by atoms with Gasteiger partial charge in [-0.2, -0.15) is 0 Å². The minimum atomic E-state index is -0.632. The van der Waals surface area contributed by atoms with Crippen LogP contribution < -0.4 is 10.6 Å². The predicted molar refractivity (Wildman–Crippen MR) is 138 cm³/mol. The summed E-state index contributed by atoms with van der Waals surface area (Å²) in [6.07, 6.45) is 2.22. The molecule has 0 unspecified atom stereocenters. The van der Waals surface area contributed by atoms with E-state index in [-0.39, 0.29) is 5.91 Å². The first-order valence-electron chi connectivity index (χ1n) is 11.9. The molecule has 1 heterocycles. The van der Waals surface area contributed by atoms with Crippen molar-refractivity contribution in [3.63, 3.8) is 0 Å². The average molecular weight is 474 g/mol. The molecule has 0 spiro atoms. The molecule has 2 N–H and O–H groups in total. The number of hydrogen-bond acceptors (Lipinski definition) is 4. The highest BCUT2D eigenvalue weighted by molar-refractivity contribution is 6.10. The molecular formula is C28H31N3O4. The SMILES string of the molecule is COC(=O)[C@@H]1CCCCN1C(=O)c1cc2ccccc2cc1NC(=O)Nc1c(C)cc(C)cc1C. The van der Waals surface area contributed by atoms with Crippen LogP contribution in [0.5, 0.6) is 0 Å². The van der Waals surface area contributed by atoms with Crippen LogP contribution in [0, 0.1) is 20.8 Å². The molecule has 3 aromatic rings. The Morgan fingerprint density at radius 3 is 2.23 bits per heavy atom. The number of esters is 1. The maximum Gasteiger partial charge on any atom is 0.328 e. The van der Waals surface area contributed by atoms with Gasteiger partial charge in [0.15, 0.2) is 0 Å². The number of nitrogens with zero attached hydrogens (tertiary/aromatic N) is 1. The predicted octanol–water partition coefficient (Wildman–Crippen LogP) is 5.58. The number of amides is 3. The number of piperidine rings is 1. The molecule has 1 fully saturated rings. The summed E-state index contributed by atoms with van der Waals surface area (Å²) in [5.41, 5.74) is 4.51. The number of benzene rings is 3. The van der Waals surface area contributed by atoms with Gasteiger partial charge in [0.1, 0.15) is 6.04 Å². The third-order valence-electron chi connectivity index (χ3n) is 6.52. The molecule has 3 aromatic carbocycles. The van der Waals surface area contributed by atoms with E-state index in [4.69, 9.17) is 4.74 Å². The van der Waals surface area contributed by atoms with E-state index in [2.05, 4.69) is 10.6 Å². The lowest BCUT2D eigenvalue weighted by Crippen LogP contribution is -2.48. The summed E-state index contributed by atoms with van der Waals surface area (Å²) < 4.78 is 4.96. The first kappa shape index (κ1) is 24.3. The fourth-order valence-corrected chi connectivity index (χ4v) is 4.88. The van der Waals surface area contributed by atoms with Gasteiger partial charge in [0.25, 0.3) is 5.91 Å². The summed E-state index contributed by atoms with van der Waals surface area (Å²) in [6, 6.07) is 14.2. The van der Waals surface area contributed by atoms with Gasteiger partial charge >= 0.3 is 12.0 Å². The third-order valence-corrected chi connectivity index (χ3v) is 6.52. The molecule has 0 bridgehead atoms. The number of carbonyl (C=O) groups excluding carboxylic acids is 3. The first-order chi connectivity index (χ1) is 16.8. The molecule has 1 aliphatic heterocycles. The summed E-state index contributed by atoms with van der Waals surface area (Å²) in [7, 11) is 1.34. The zero-order valence-corrected chi connectivity index (χ0v) is 20.6. The molecule has 182 valence electrons. The monoisotopic (exact) mass is 473 g/mol. The Labute approximate surface area is 205 Å². The van der Waals surface area contributed by atoms with E-state index >= 15 is 0 Å². The number of ether oxygens (including phenoxy) is 1. The van der Waals surface area contributed by atoms with Crippen LogP contribution >= 0.6 is 0 Å². The second-order valence-corrected chi connectivity index (χ2v) is 9.13. The van der Waals surface area contributed by atoms with E-state index in [1.807, 2.05) is 57.2 Å². The van der Waals surface area contributed by atoms with Crippen LogP contribution in [-0.4, -0.2) is 42.5 Å². The van der Waals surface area contributed by atoms with E-state index in [9.17, 15) is 14.4 Å². The maximum absolute atomic E-state index is 13.7. The summed E-state index contributed by atoms with van der Waals surface area (Å²) in [6.45, 7) is 6.37. The van der Waals surface area contributed by atoms with Gasteiger partial charge in [0, 0.05) is 12.2 Å². The molecule has 1 aliphatic rings. The summed E-state index contributed by atoms with van der Waals surface area (Å²) in [5, 5.41) is 7.59. The van der Waals surface area contributed by atoms with Crippen molar-refractivity contribution < 1.29 is 19.1 Å². The van der Waals surface area contributed by atoms with Gasteiger partial charge in [-0.05, 0) is 74.1 Å². The summed E-state index contributed by atoms with van der Waals surface area (Å²) in [4.78, 5) is 40.7. The topological polar surface area (TPSA) is 87.7 Å². The molecule has 0 saturated carbocycles. The van der Waals surface area contributed by atoms with Crippen molar-refractivity contribution in [2.24, 2.45) is 0 Å². The Hall–Kier alpha value is -3.87. The van der Waals surface area contributed by atoms with Crippen molar-refractivity contribution in [1.82, 2.24) is 4.90 Å². The Bertz CT molecular complexity index is 1280. The minimum Gasteiger partial charge on any atom is -0.467 e. The van der Waals surface area contributed by atoms with Crippen LogP contribution in [0.15, 0.2) is 48.5 Å². The molecule has 0 radical (unpaired) electrons. The summed E-state index contributed by atoms with van der Waals surface area (Å²) in [5.74, 6) is -0.722. The Kier molecular flexibility index (Phi) is 7.05. The highest BCUT2D eigenvalue weighted by atomic mass is 16.5. The highest BCUT2D eigenvalue weighted by Crippen LogP contribution is 2.29. The van der Waals surface area contributed by atoms with Gasteiger partial charge in [-0.1, -0.05) is 42.0 Å². The van der Waals surface area contributed by atoms with Crippen LogP contribution in [0.1, 0.15) is 46.3 Å². The number of nitrogens with one attached hydrogen (secondary N) is 2. The average Bonchev–Trinajstić information content (AvgIpc) is 2.85. The van der Waals surface area contributed by atoms with E-state index in [0.717, 1.165) is 46.0 Å². The number of carbonyl (C=O) groups is 3. The fourth-order valence-electron chi connectivity index (χ4n) is 4.88. The van der Waals surface area contributed by atoms with E-state index in [0.29, 0.717) is 24.2 Å². The molecule has 1 atom stereocenters. The number of hydrogen-bond donors (Lipinski definition) is 2. The van der Waals surface area contributed by atoms with Crippen molar-refractivity contribution in [2.75, 3.05) is 24.3 Å². The fraction of sp³-hybridized carbons (Fsp3) is 0.321. The molecule has 7 heteroatoms. The molecule has 35 heavy (non-hydrogen) atoms. The van der Waals surface area contributed by atoms with Gasteiger partial charge in [-0.15, -0.1) is 0 Å². The molecule has 1 saturated heterocycles. The smallest absolute Gasteiger partial charge is 0.328 e. The normalized spacial score (nSPS) is 15.5. The van der Waals surface area contributed by atoms with Crippen molar-refractivity contribution in [1.29, 1.82) is 0 Å². The van der Waals surface area contributed by atoms with Gasteiger partial charge in [-0.25, -0.2) is 9.59 Å². The van der Waals surface area contributed by atoms with Crippen LogP contribution in [0.2, 0.25) is 0 Å². The Morgan fingerprint density at radius 1 is 0.914 bits per heavy atom. The van der Waals surface area contributed by atoms with Crippen LogP contribution in [-0.2, 0) is 9.53 Å². The molecule has 0 aliphatic carbocycles. The van der Waals surface area contributed by atoms with Gasteiger partial charge in [-0.3, -0.25) is 4.79 Å². The number of anilines is 2.